The molecular weight excluding hydrogens is 372 g/mol. The Hall–Kier alpha value is -2.70. The van der Waals surface area contributed by atoms with Gasteiger partial charge in [-0.25, -0.2) is 0 Å². The first-order valence-electron chi connectivity index (χ1n) is 9.79. The lowest BCUT2D eigenvalue weighted by Crippen LogP contribution is -2.25. The zero-order valence-electron chi connectivity index (χ0n) is 16.8. The van der Waals surface area contributed by atoms with Crippen molar-refractivity contribution in [3.05, 3.63) is 53.6 Å². The number of ketones is 2. The van der Waals surface area contributed by atoms with Crippen LogP contribution in [-0.2, 0) is 9.47 Å². The molecule has 1 fully saturated rings. The summed E-state index contributed by atoms with van der Waals surface area (Å²) in [5.74, 6) is 1.41. The predicted octanol–water partition coefficient (Wildman–Crippen LogP) is 4.46. The van der Waals surface area contributed by atoms with Crippen LogP contribution in [0, 0.1) is 0 Å². The van der Waals surface area contributed by atoms with Gasteiger partial charge >= 0.3 is 0 Å². The van der Waals surface area contributed by atoms with E-state index >= 15 is 0 Å². The smallest absolute Gasteiger partial charge is 0.163 e. The van der Waals surface area contributed by atoms with E-state index in [1.807, 2.05) is 0 Å². The van der Waals surface area contributed by atoms with Crippen LogP contribution in [0.15, 0.2) is 42.5 Å². The van der Waals surface area contributed by atoms with Crippen LogP contribution in [-0.4, -0.2) is 44.1 Å². The molecular formula is C23H26O6. The van der Waals surface area contributed by atoms with E-state index in [0.29, 0.717) is 41.6 Å². The minimum Gasteiger partial charge on any atom is -0.491 e. The highest BCUT2D eigenvalue weighted by molar-refractivity contribution is 6.00. The molecule has 2 aromatic rings. The fourth-order valence-corrected chi connectivity index (χ4v) is 3.06. The van der Waals surface area contributed by atoms with Crippen molar-refractivity contribution < 1.29 is 28.5 Å². The highest BCUT2D eigenvalue weighted by atomic mass is 16.5. The molecule has 29 heavy (non-hydrogen) atoms. The number of hydrogen-bond donors (Lipinski definition) is 0. The third-order valence-corrected chi connectivity index (χ3v) is 4.69. The van der Waals surface area contributed by atoms with Gasteiger partial charge in [0.1, 0.15) is 23.9 Å². The lowest BCUT2D eigenvalue weighted by atomic mass is 10.1. The van der Waals surface area contributed by atoms with E-state index in [-0.39, 0.29) is 17.7 Å². The molecule has 0 aliphatic carbocycles. The summed E-state index contributed by atoms with van der Waals surface area (Å²) in [5, 5.41) is 0. The summed E-state index contributed by atoms with van der Waals surface area (Å²) in [5.41, 5.74) is 0.926. The minimum absolute atomic E-state index is 0.0864. The van der Waals surface area contributed by atoms with Gasteiger partial charge in [-0.15, -0.1) is 0 Å². The first kappa shape index (κ1) is 21.0. The number of rotatable bonds is 9. The van der Waals surface area contributed by atoms with Crippen molar-refractivity contribution in [3.8, 4) is 17.2 Å². The third kappa shape index (κ3) is 6.14. The van der Waals surface area contributed by atoms with Gasteiger partial charge in [-0.1, -0.05) is 6.07 Å². The lowest BCUT2D eigenvalue weighted by Gasteiger charge is -2.22. The van der Waals surface area contributed by atoms with Crippen LogP contribution >= 0.6 is 0 Å². The maximum atomic E-state index is 11.8. The second-order valence-electron chi connectivity index (χ2n) is 6.93. The molecule has 1 aliphatic rings. The summed E-state index contributed by atoms with van der Waals surface area (Å²) in [6.07, 6.45) is 2.11. The fraction of sp³-hybridized carbons (Fsp3) is 0.391. The monoisotopic (exact) mass is 398 g/mol. The molecule has 6 nitrogen and oxygen atoms in total. The average Bonchev–Trinajstić information content (AvgIpc) is 2.73. The summed E-state index contributed by atoms with van der Waals surface area (Å²) in [6.45, 7) is 5.45. The molecule has 0 amide bonds. The Labute approximate surface area is 170 Å². The molecule has 1 aliphatic heterocycles. The molecule has 0 unspecified atom stereocenters. The van der Waals surface area contributed by atoms with Crippen LogP contribution in [0.5, 0.6) is 17.2 Å². The molecule has 1 saturated heterocycles. The zero-order valence-corrected chi connectivity index (χ0v) is 16.8. The summed E-state index contributed by atoms with van der Waals surface area (Å²) < 4.78 is 22.7. The van der Waals surface area contributed by atoms with Crippen LogP contribution < -0.4 is 9.47 Å². The first-order valence-corrected chi connectivity index (χ1v) is 9.79. The van der Waals surface area contributed by atoms with Crippen molar-refractivity contribution in [2.75, 3.05) is 26.4 Å². The van der Waals surface area contributed by atoms with Gasteiger partial charge in [0.05, 0.1) is 18.3 Å². The Kier molecular flexibility index (Phi) is 7.38. The van der Waals surface area contributed by atoms with Crippen molar-refractivity contribution in [2.24, 2.45) is 0 Å². The molecule has 154 valence electrons. The molecule has 0 radical (unpaired) electrons. The van der Waals surface area contributed by atoms with E-state index in [1.165, 1.54) is 13.8 Å². The van der Waals surface area contributed by atoms with E-state index in [0.717, 1.165) is 26.1 Å². The number of benzene rings is 2. The topological polar surface area (TPSA) is 71.1 Å². The molecule has 2 aromatic carbocycles. The van der Waals surface area contributed by atoms with Crippen molar-refractivity contribution in [1.82, 2.24) is 0 Å². The summed E-state index contributed by atoms with van der Waals surface area (Å²) in [6, 6.07) is 12.0. The van der Waals surface area contributed by atoms with Crippen molar-refractivity contribution in [2.45, 2.75) is 32.8 Å². The Morgan fingerprint density at radius 3 is 2.28 bits per heavy atom. The van der Waals surface area contributed by atoms with Crippen LogP contribution in [0.3, 0.4) is 0 Å². The predicted molar refractivity (Wildman–Crippen MR) is 108 cm³/mol. The number of hydrogen-bond acceptors (Lipinski definition) is 6. The van der Waals surface area contributed by atoms with Gasteiger partial charge in [-0.3, -0.25) is 9.59 Å². The Balaban J connectivity index is 1.55. The van der Waals surface area contributed by atoms with E-state index in [9.17, 15) is 9.59 Å². The van der Waals surface area contributed by atoms with E-state index < -0.39 is 0 Å². The van der Waals surface area contributed by atoms with Gasteiger partial charge in [0.2, 0.25) is 0 Å². The first-order chi connectivity index (χ1) is 14.0. The van der Waals surface area contributed by atoms with E-state index in [4.69, 9.17) is 18.9 Å². The van der Waals surface area contributed by atoms with Crippen LogP contribution in [0.25, 0.3) is 0 Å². The summed E-state index contributed by atoms with van der Waals surface area (Å²) in [7, 11) is 0. The van der Waals surface area contributed by atoms with Crippen LogP contribution in [0.4, 0.5) is 0 Å². The van der Waals surface area contributed by atoms with Crippen molar-refractivity contribution in [3.63, 3.8) is 0 Å². The zero-order chi connectivity index (χ0) is 20.6. The molecule has 0 aromatic heterocycles. The normalized spacial score (nSPS) is 14.4. The van der Waals surface area contributed by atoms with Crippen LogP contribution in [0.2, 0.25) is 0 Å². The average molecular weight is 398 g/mol. The van der Waals surface area contributed by atoms with Gasteiger partial charge < -0.3 is 18.9 Å². The second-order valence-corrected chi connectivity index (χ2v) is 6.93. The van der Waals surface area contributed by atoms with Crippen molar-refractivity contribution in [1.29, 1.82) is 0 Å². The van der Waals surface area contributed by atoms with Gasteiger partial charge in [0.25, 0.3) is 0 Å². The van der Waals surface area contributed by atoms with Gasteiger partial charge in [-0.2, -0.15) is 0 Å². The minimum atomic E-state index is -0.125. The van der Waals surface area contributed by atoms with Gasteiger partial charge in [0, 0.05) is 18.8 Å². The maximum Gasteiger partial charge on any atom is 0.163 e. The van der Waals surface area contributed by atoms with Crippen LogP contribution in [0.1, 0.15) is 47.4 Å². The number of carbonyl (C=O) groups excluding carboxylic acids is 2. The third-order valence-electron chi connectivity index (χ3n) is 4.69. The number of carbonyl (C=O) groups is 2. The largest absolute Gasteiger partial charge is 0.491 e. The Bertz CT molecular complexity index is 837. The molecule has 0 N–H and O–H groups in total. The van der Waals surface area contributed by atoms with Gasteiger partial charge in [0.15, 0.2) is 11.6 Å². The summed E-state index contributed by atoms with van der Waals surface area (Å²) >= 11 is 0. The number of Topliss-reactive ketones (excluding diaryl/α,β-unsaturated/α-hetero) is 2. The lowest BCUT2D eigenvalue weighted by molar-refractivity contribution is -0.0388. The molecule has 0 saturated carbocycles. The molecule has 0 atom stereocenters. The summed E-state index contributed by atoms with van der Waals surface area (Å²) in [4.78, 5) is 23.5. The number of ether oxygens (including phenoxy) is 4. The Morgan fingerprint density at radius 2 is 1.62 bits per heavy atom. The van der Waals surface area contributed by atoms with Gasteiger partial charge in [-0.05, 0) is 63.1 Å². The molecule has 1 heterocycles. The second kappa shape index (κ2) is 10.2. The maximum absolute atomic E-state index is 11.8. The quantitative estimate of drug-likeness (QED) is 0.459. The molecule has 3 rings (SSSR count). The van der Waals surface area contributed by atoms with Crippen molar-refractivity contribution >= 4 is 11.6 Å². The van der Waals surface area contributed by atoms with E-state index in [2.05, 4.69) is 0 Å². The molecule has 0 bridgehead atoms. The molecule has 0 spiro atoms. The Morgan fingerprint density at radius 1 is 0.931 bits per heavy atom. The highest BCUT2D eigenvalue weighted by Crippen LogP contribution is 2.28. The fourth-order valence-electron chi connectivity index (χ4n) is 3.06. The highest BCUT2D eigenvalue weighted by Gasteiger charge is 2.14. The van der Waals surface area contributed by atoms with E-state index in [1.54, 1.807) is 42.5 Å². The standard InChI is InChI=1S/C23H26O6/c1-16(24)18-3-8-22(17(2)25)23(15-18)29-21-6-4-19(5-7-21)27-13-14-28-20-9-11-26-12-10-20/h3-8,15,20H,9-14H2,1-2H3. The molecule has 6 heteroatoms. The SMILES string of the molecule is CC(=O)c1ccc(C(C)=O)c(Oc2ccc(OCCOC3CCOCC3)cc2)c1.